The second-order valence-corrected chi connectivity index (χ2v) is 5.11. The number of benzene rings is 1. The van der Waals surface area contributed by atoms with E-state index in [0.29, 0.717) is 6.04 Å². The Morgan fingerprint density at radius 2 is 2.05 bits per heavy atom. The summed E-state index contributed by atoms with van der Waals surface area (Å²) in [4.78, 5) is 8.53. The molecule has 4 heteroatoms. The summed E-state index contributed by atoms with van der Waals surface area (Å²) in [6.45, 7) is 2.93. The lowest BCUT2D eigenvalue weighted by molar-refractivity contribution is 0.598. The van der Waals surface area contributed by atoms with Gasteiger partial charge >= 0.3 is 0 Å². The smallest absolute Gasteiger partial charge is 0.131 e. The summed E-state index contributed by atoms with van der Waals surface area (Å²) in [5.74, 6) is 1.76. The van der Waals surface area contributed by atoms with Gasteiger partial charge in [0.2, 0.25) is 0 Å². The summed E-state index contributed by atoms with van der Waals surface area (Å²) in [5.41, 5.74) is 2.86. The average molecular weight is 268 g/mol. The molecule has 0 aliphatic heterocycles. The Balaban J connectivity index is 1.80. The predicted octanol–water partition coefficient (Wildman–Crippen LogP) is 3.40. The Morgan fingerprint density at radius 1 is 1.20 bits per heavy atom. The maximum absolute atomic E-state index is 4.33. The average Bonchev–Trinajstić information content (AvgIpc) is 2.48. The highest BCUT2D eigenvalue weighted by Crippen LogP contribution is 2.31. The Bertz CT molecular complexity index is 582. The first-order valence-corrected chi connectivity index (χ1v) is 7.27. The second kappa shape index (κ2) is 5.90. The Kier molecular flexibility index (Phi) is 3.81. The molecule has 0 radical (unpaired) electrons. The van der Waals surface area contributed by atoms with E-state index in [0.717, 1.165) is 24.6 Å². The van der Waals surface area contributed by atoms with Gasteiger partial charge in [0.05, 0.1) is 6.04 Å². The van der Waals surface area contributed by atoms with Crippen molar-refractivity contribution in [3.63, 3.8) is 0 Å². The lowest BCUT2D eigenvalue weighted by Gasteiger charge is -2.26. The van der Waals surface area contributed by atoms with Crippen molar-refractivity contribution in [1.29, 1.82) is 0 Å². The standard InChI is InChI=1S/C16H20N4/c1-2-17-15-10-16(19-11-18-15)20-14-9-5-7-12-6-3-4-8-13(12)14/h3-4,6,8,10-11,14H,2,5,7,9H2,1H3,(H2,17,18,19,20). The first kappa shape index (κ1) is 12.9. The van der Waals surface area contributed by atoms with Crippen LogP contribution in [0.1, 0.15) is 36.9 Å². The van der Waals surface area contributed by atoms with Crippen LogP contribution < -0.4 is 10.6 Å². The van der Waals surface area contributed by atoms with E-state index in [4.69, 9.17) is 0 Å². The van der Waals surface area contributed by atoms with Crippen LogP contribution in [0.15, 0.2) is 36.7 Å². The number of anilines is 2. The summed E-state index contributed by atoms with van der Waals surface area (Å²) in [6, 6.07) is 11.0. The molecule has 1 unspecified atom stereocenters. The van der Waals surface area contributed by atoms with Gasteiger partial charge in [0.25, 0.3) is 0 Å². The summed E-state index contributed by atoms with van der Waals surface area (Å²) >= 11 is 0. The molecule has 0 spiro atoms. The van der Waals surface area contributed by atoms with E-state index in [2.05, 4.69) is 51.8 Å². The van der Waals surface area contributed by atoms with Crippen LogP contribution in [0.4, 0.5) is 11.6 Å². The maximum Gasteiger partial charge on any atom is 0.131 e. The minimum absolute atomic E-state index is 0.351. The van der Waals surface area contributed by atoms with E-state index < -0.39 is 0 Å². The van der Waals surface area contributed by atoms with Crippen LogP contribution in [0.25, 0.3) is 0 Å². The van der Waals surface area contributed by atoms with Crippen molar-refractivity contribution in [1.82, 2.24) is 9.97 Å². The molecule has 0 saturated carbocycles. The molecule has 0 bridgehead atoms. The molecule has 1 atom stereocenters. The highest BCUT2D eigenvalue weighted by molar-refractivity contribution is 5.48. The fourth-order valence-electron chi connectivity index (χ4n) is 2.80. The molecule has 2 aromatic rings. The van der Waals surface area contributed by atoms with Gasteiger partial charge in [-0.3, -0.25) is 0 Å². The van der Waals surface area contributed by atoms with E-state index in [-0.39, 0.29) is 0 Å². The maximum atomic E-state index is 4.33. The van der Waals surface area contributed by atoms with Crippen LogP contribution in [-0.2, 0) is 6.42 Å². The zero-order chi connectivity index (χ0) is 13.8. The quantitative estimate of drug-likeness (QED) is 0.892. The van der Waals surface area contributed by atoms with Crippen LogP contribution in [0, 0.1) is 0 Å². The summed E-state index contributed by atoms with van der Waals surface area (Å²) in [7, 11) is 0. The molecule has 2 N–H and O–H groups in total. The van der Waals surface area contributed by atoms with Gasteiger partial charge in [0, 0.05) is 12.6 Å². The molecule has 0 fully saturated rings. The van der Waals surface area contributed by atoms with Crippen LogP contribution in [0.2, 0.25) is 0 Å². The SMILES string of the molecule is CCNc1cc(NC2CCCc3ccccc32)ncn1. The van der Waals surface area contributed by atoms with Gasteiger partial charge in [-0.2, -0.15) is 0 Å². The number of nitrogens with one attached hydrogen (secondary N) is 2. The lowest BCUT2D eigenvalue weighted by Crippen LogP contribution is -2.18. The Labute approximate surface area is 119 Å². The van der Waals surface area contributed by atoms with Gasteiger partial charge in [0.15, 0.2) is 0 Å². The van der Waals surface area contributed by atoms with E-state index in [1.165, 1.54) is 24.0 Å². The molecule has 1 heterocycles. The number of rotatable bonds is 4. The highest BCUT2D eigenvalue weighted by atomic mass is 15.1. The molecule has 4 nitrogen and oxygen atoms in total. The molecular weight excluding hydrogens is 248 g/mol. The molecule has 1 aromatic heterocycles. The number of nitrogens with zero attached hydrogens (tertiary/aromatic N) is 2. The van der Waals surface area contributed by atoms with E-state index in [9.17, 15) is 0 Å². The Morgan fingerprint density at radius 3 is 2.95 bits per heavy atom. The van der Waals surface area contributed by atoms with E-state index in [1.807, 2.05) is 6.07 Å². The molecule has 1 aromatic carbocycles. The number of hydrogen-bond acceptors (Lipinski definition) is 4. The molecule has 20 heavy (non-hydrogen) atoms. The Hall–Kier alpha value is -2.10. The van der Waals surface area contributed by atoms with Crippen LogP contribution >= 0.6 is 0 Å². The number of aryl methyl sites for hydroxylation is 1. The van der Waals surface area contributed by atoms with Crippen LogP contribution in [-0.4, -0.2) is 16.5 Å². The van der Waals surface area contributed by atoms with Crippen molar-refractivity contribution in [2.24, 2.45) is 0 Å². The largest absolute Gasteiger partial charge is 0.370 e. The number of aromatic nitrogens is 2. The van der Waals surface area contributed by atoms with Crippen molar-refractivity contribution < 1.29 is 0 Å². The molecule has 0 saturated heterocycles. The first-order valence-electron chi connectivity index (χ1n) is 7.27. The predicted molar refractivity (Wildman–Crippen MR) is 81.9 cm³/mol. The van der Waals surface area contributed by atoms with Crippen LogP contribution in [0.5, 0.6) is 0 Å². The third-order valence-electron chi connectivity index (χ3n) is 3.72. The number of fused-ring (bicyclic) bond motifs is 1. The first-order chi connectivity index (χ1) is 9.86. The third kappa shape index (κ3) is 2.74. The minimum atomic E-state index is 0.351. The molecule has 1 aliphatic carbocycles. The molecule has 0 amide bonds. The van der Waals surface area contributed by atoms with Gasteiger partial charge in [0.1, 0.15) is 18.0 Å². The van der Waals surface area contributed by atoms with Gasteiger partial charge in [-0.15, -0.1) is 0 Å². The summed E-state index contributed by atoms with van der Waals surface area (Å²) < 4.78 is 0. The zero-order valence-electron chi connectivity index (χ0n) is 11.8. The van der Waals surface area contributed by atoms with Crippen molar-refractivity contribution in [2.45, 2.75) is 32.2 Å². The van der Waals surface area contributed by atoms with Crippen molar-refractivity contribution in [3.8, 4) is 0 Å². The molecule has 104 valence electrons. The van der Waals surface area contributed by atoms with Gasteiger partial charge in [-0.25, -0.2) is 9.97 Å². The van der Waals surface area contributed by atoms with Gasteiger partial charge in [-0.1, -0.05) is 24.3 Å². The molecule has 3 rings (SSSR count). The fourth-order valence-corrected chi connectivity index (χ4v) is 2.80. The van der Waals surface area contributed by atoms with Crippen molar-refractivity contribution in [2.75, 3.05) is 17.2 Å². The lowest BCUT2D eigenvalue weighted by atomic mass is 9.88. The molecule has 1 aliphatic rings. The summed E-state index contributed by atoms with van der Waals surface area (Å²) in [5, 5.41) is 6.76. The minimum Gasteiger partial charge on any atom is -0.370 e. The van der Waals surface area contributed by atoms with Crippen LogP contribution in [0.3, 0.4) is 0 Å². The van der Waals surface area contributed by atoms with Crippen molar-refractivity contribution in [3.05, 3.63) is 47.8 Å². The normalized spacial score (nSPS) is 17.4. The molecular formula is C16H20N4. The van der Waals surface area contributed by atoms with E-state index in [1.54, 1.807) is 6.33 Å². The van der Waals surface area contributed by atoms with Gasteiger partial charge in [-0.05, 0) is 37.3 Å². The third-order valence-corrected chi connectivity index (χ3v) is 3.72. The van der Waals surface area contributed by atoms with Crippen molar-refractivity contribution >= 4 is 11.6 Å². The second-order valence-electron chi connectivity index (χ2n) is 5.11. The monoisotopic (exact) mass is 268 g/mol. The number of hydrogen-bond donors (Lipinski definition) is 2. The van der Waals surface area contributed by atoms with E-state index >= 15 is 0 Å². The topological polar surface area (TPSA) is 49.8 Å². The highest BCUT2D eigenvalue weighted by Gasteiger charge is 2.19. The van der Waals surface area contributed by atoms with Gasteiger partial charge < -0.3 is 10.6 Å². The fraction of sp³-hybridized carbons (Fsp3) is 0.375. The summed E-state index contributed by atoms with van der Waals surface area (Å²) in [6.07, 6.45) is 5.16. The zero-order valence-corrected chi connectivity index (χ0v) is 11.8.